The van der Waals surface area contributed by atoms with E-state index >= 15 is 0 Å². The smallest absolute Gasteiger partial charge is 0.222 e. The monoisotopic (exact) mass is 225 g/mol. The number of carbonyl (C=O) groups excluding carboxylic acids is 1. The van der Waals surface area contributed by atoms with Gasteiger partial charge in [-0.1, -0.05) is 30.3 Å². The van der Waals surface area contributed by atoms with Gasteiger partial charge in [-0.15, -0.1) is 11.8 Å². The summed E-state index contributed by atoms with van der Waals surface area (Å²) in [6, 6.07) is 9.66. The van der Waals surface area contributed by atoms with E-state index in [1.807, 2.05) is 30.3 Å². The minimum atomic E-state index is -1.74. The topological polar surface area (TPSA) is 63.3 Å². The number of ketones is 1. The summed E-state index contributed by atoms with van der Waals surface area (Å²) in [4.78, 5) is 11.5. The van der Waals surface area contributed by atoms with E-state index in [1.165, 1.54) is 0 Å². The average molecular weight is 225 g/mol. The van der Waals surface area contributed by atoms with Crippen LogP contribution < -0.4 is 5.73 Å². The standard InChI is InChI=1S/C11H15NO2S/c1-15-11(12,14)10(13)8-7-9-5-3-2-4-6-9/h2-6,14H,7-8,12H2,1H3. The molecule has 0 saturated heterocycles. The highest BCUT2D eigenvalue weighted by Crippen LogP contribution is 2.16. The third kappa shape index (κ3) is 3.66. The molecule has 3 N–H and O–H groups in total. The number of aryl methyl sites for hydroxylation is 1. The van der Waals surface area contributed by atoms with Crippen LogP contribution in [0.25, 0.3) is 0 Å². The number of thioether (sulfide) groups is 1. The summed E-state index contributed by atoms with van der Waals surface area (Å²) < 4.78 is 0. The Balaban J connectivity index is 2.48. The zero-order valence-corrected chi connectivity index (χ0v) is 9.46. The molecule has 1 rings (SSSR count). The van der Waals surface area contributed by atoms with E-state index in [0.29, 0.717) is 6.42 Å². The molecule has 0 amide bonds. The van der Waals surface area contributed by atoms with Crippen molar-refractivity contribution in [1.29, 1.82) is 0 Å². The minimum Gasteiger partial charge on any atom is -0.361 e. The molecule has 3 nitrogen and oxygen atoms in total. The fourth-order valence-corrected chi connectivity index (χ4v) is 1.53. The molecular formula is C11H15NO2S. The highest BCUT2D eigenvalue weighted by molar-refractivity contribution is 8.00. The fraction of sp³-hybridized carbons (Fsp3) is 0.364. The van der Waals surface area contributed by atoms with Crippen LogP contribution in [0.3, 0.4) is 0 Å². The molecule has 0 aromatic heterocycles. The molecule has 0 aliphatic heterocycles. The van der Waals surface area contributed by atoms with Gasteiger partial charge in [0, 0.05) is 6.42 Å². The van der Waals surface area contributed by atoms with Gasteiger partial charge >= 0.3 is 0 Å². The lowest BCUT2D eigenvalue weighted by Crippen LogP contribution is -2.44. The summed E-state index contributed by atoms with van der Waals surface area (Å²) in [5.74, 6) is -0.334. The van der Waals surface area contributed by atoms with Gasteiger partial charge in [-0.3, -0.25) is 10.5 Å². The Kier molecular flexibility index (Phi) is 4.32. The summed E-state index contributed by atoms with van der Waals surface area (Å²) in [7, 11) is 0. The first-order chi connectivity index (χ1) is 7.06. The van der Waals surface area contributed by atoms with E-state index in [2.05, 4.69) is 0 Å². The number of hydrogen-bond acceptors (Lipinski definition) is 4. The van der Waals surface area contributed by atoms with E-state index < -0.39 is 5.06 Å². The molecule has 1 unspecified atom stereocenters. The van der Waals surface area contributed by atoms with Gasteiger partial charge in [0.15, 0.2) is 5.78 Å². The maximum atomic E-state index is 11.5. The van der Waals surface area contributed by atoms with Crippen molar-refractivity contribution in [2.24, 2.45) is 5.73 Å². The van der Waals surface area contributed by atoms with Gasteiger partial charge in [0.1, 0.15) is 0 Å². The van der Waals surface area contributed by atoms with Gasteiger partial charge in [0.2, 0.25) is 5.06 Å². The summed E-state index contributed by atoms with van der Waals surface area (Å²) >= 11 is 0.954. The largest absolute Gasteiger partial charge is 0.361 e. The molecule has 1 aromatic carbocycles. The van der Waals surface area contributed by atoms with Crippen LogP contribution in [-0.2, 0) is 11.2 Å². The lowest BCUT2D eigenvalue weighted by atomic mass is 10.1. The number of Topliss-reactive ketones (excluding diaryl/α,β-unsaturated/α-hetero) is 1. The first kappa shape index (κ1) is 12.2. The minimum absolute atomic E-state index is 0.262. The van der Waals surface area contributed by atoms with Crippen molar-refractivity contribution in [3.8, 4) is 0 Å². The van der Waals surface area contributed by atoms with Crippen molar-refractivity contribution in [2.75, 3.05) is 6.26 Å². The summed E-state index contributed by atoms with van der Waals surface area (Å²) in [5, 5.41) is 7.72. The Hall–Kier alpha value is -0.840. The maximum absolute atomic E-state index is 11.5. The van der Waals surface area contributed by atoms with E-state index in [-0.39, 0.29) is 12.2 Å². The predicted octanol–water partition coefficient (Wildman–Crippen LogP) is 1.16. The number of benzene rings is 1. The highest BCUT2D eigenvalue weighted by atomic mass is 32.2. The lowest BCUT2D eigenvalue weighted by Gasteiger charge is -2.18. The fourth-order valence-electron chi connectivity index (χ4n) is 1.20. The number of aliphatic hydroxyl groups is 1. The second-order valence-electron chi connectivity index (χ2n) is 3.31. The molecule has 0 aliphatic carbocycles. The first-order valence-electron chi connectivity index (χ1n) is 4.70. The highest BCUT2D eigenvalue weighted by Gasteiger charge is 2.28. The van der Waals surface area contributed by atoms with Crippen LogP contribution in [0.5, 0.6) is 0 Å². The number of rotatable bonds is 5. The molecule has 0 spiro atoms. The zero-order chi connectivity index (χ0) is 11.3. The van der Waals surface area contributed by atoms with E-state index in [1.54, 1.807) is 6.26 Å². The van der Waals surface area contributed by atoms with Crippen LogP contribution in [0, 0.1) is 0 Å². The van der Waals surface area contributed by atoms with Crippen molar-refractivity contribution in [3.05, 3.63) is 35.9 Å². The molecule has 0 bridgehead atoms. The molecule has 15 heavy (non-hydrogen) atoms. The molecule has 1 aromatic rings. The van der Waals surface area contributed by atoms with Gasteiger partial charge in [-0.05, 0) is 18.2 Å². The number of carbonyl (C=O) groups is 1. The number of hydrogen-bond donors (Lipinski definition) is 2. The SMILES string of the molecule is CSC(N)(O)C(=O)CCc1ccccc1. The van der Waals surface area contributed by atoms with Gasteiger partial charge in [-0.2, -0.15) is 0 Å². The van der Waals surface area contributed by atoms with Crippen LogP contribution in [0.4, 0.5) is 0 Å². The summed E-state index contributed by atoms with van der Waals surface area (Å²) in [6.07, 6.45) is 2.48. The van der Waals surface area contributed by atoms with E-state index in [4.69, 9.17) is 5.73 Å². The lowest BCUT2D eigenvalue weighted by molar-refractivity contribution is -0.129. The average Bonchev–Trinajstić information content (AvgIpc) is 2.27. The molecular weight excluding hydrogens is 210 g/mol. The van der Waals surface area contributed by atoms with E-state index in [9.17, 15) is 9.90 Å². The first-order valence-corrected chi connectivity index (χ1v) is 5.92. The van der Waals surface area contributed by atoms with Crippen molar-refractivity contribution in [3.63, 3.8) is 0 Å². The zero-order valence-electron chi connectivity index (χ0n) is 8.64. The Morgan fingerprint density at radius 3 is 2.60 bits per heavy atom. The second-order valence-corrected chi connectivity index (χ2v) is 4.34. The van der Waals surface area contributed by atoms with Crippen LogP contribution in [-0.4, -0.2) is 22.2 Å². The van der Waals surface area contributed by atoms with Crippen LogP contribution in [0.15, 0.2) is 30.3 Å². The van der Waals surface area contributed by atoms with Gasteiger partial charge < -0.3 is 5.11 Å². The molecule has 0 aliphatic rings. The van der Waals surface area contributed by atoms with Gasteiger partial charge in [0.25, 0.3) is 0 Å². The quantitative estimate of drug-likeness (QED) is 0.738. The van der Waals surface area contributed by atoms with Crippen molar-refractivity contribution >= 4 is 17.5 Å². The second kappa shape index (κ2) is 5.30. The normalized spacial score (nSPS) is 14.6. The molecule has 1 atom stereocenters. The van der Waals surface area contributed by atoms with E-state index in [0.717, 1.165) is 17.3 Å². The van der Waals surface area contributed by atoms with Crippen LogP contribution in [0.1, 0.15) is 12.0 Å². The molecule has 0 saturated carbocycles. The maximum Gasteiger partial charge on any atom is 0.222 e. The van der Waals surface area contributed by atoms with Crippen molar-refractivity contribution < 1.29 is 9.90 Å². The third-order valence-electron chi connectivity index (χ3n) is 2.19. The Bertz CT molecular complexity index is 325. The predicted molar refractivity (Wildman–Crippen MR) is 62.4 cm³/mol. The van der Waals surface area contributed by atoms with Crippen molar-refractivity contribution in [1.82, 2.24) is 0 Å². The Labute approximate surface area is 93.7 Å². The number of nitrogens with two attached hydrogens (primary N) is 1. The van der Waals surface area contributed by atoms with Crippen LogP contribution in [0.2, 0.25) is 0 Å². The molecule has 0 radical (unpaired) electrons. The summed E-state index contributed by atoms with van der Waals surface area (Å²) in [6.45, 7) is 0. The van der Waals surface area contributed by atoms with Gasteiger partial charge in [0.05, 0.1) is 0 Å². The van der Waals surface area contributed by atoms with Gasteiger partial charge in [-0.25, -0.2) is 0 Å². The van der Waals surface area contributed by atoms with Crippen LogP contribution >= 0.6 is 11.8 Å². The molecule has 0 heterocycles. The summed E-state index contributed by atoms with van der Waals surface area (Å²) in [5.41, 5.74) is 6.46. The Morgan fingerprint density at radius 1 is 1.47 bits per heavy atom. The van der Waals surface area contributed by atoms with Crippen molar-refractivity contribution in [2.45, 2.75) is 17.9 Å². The molecule has 82 valence electrons. The third-order valence-corrected chi connectivity index (χ3v) is 3.04. The Morgan fingerprint density at radius 2 is 2.07 bits per heavy atom. The molecule has 0 fully saturated rings. The molecule has 4 heteroatoms.